The Balaban J connectivity index is 1.67. The van der Waals surface area contributed by atoms with Crippen molar-refractivity contribution in [2.45, 2.75) is 0 Å². The smallest absolute Gasteiger partial charge is 0.257 e. The third-order valence-electron chi connectivity index (χ3n) is 4.15. The van der Waals surface area contributed by atoms with Crippen molar-refractivity contribution in [3.63, 3.8) is 0 Å². The molecule has 0 spiro atoms. The molecule has 0 bridgehead atoms. The highest BCUT2D eigenvalue weighted by Crippen LogP contribution is 2.18. The van der Waals surface area contributed by atoms with Gasteiger partial charge in [0.15, 0.2) is 0 Å². The second-order valence-corrected chi connectivity index (χ2v) is 6.01. The van der Waals surface area contributed by atoms with Crippen LogP contribution in [-0.2, 0) is 4.79 Å². The molecule has 0 heterocycles. The number of carbonyl (C=O) groups is 2. The molecule has 3 aromatic carbocycles. The van der Waals surface area contributed by atoms with Crippen molar-refractivity contribution in [3.8, 4) is 0 Å². The van der Waals surface area contributed by atoms with E-state index >= 15 is 0 Å². The van der Waals surface area contributed by atoms with Crippen LogP contribution in [0, 0.1) is 0 Å². The van der Waals surface area contributed by atoms with Gasteiger partial charge in [0.05, 0.1) is 12.1 Å². The molecule has 3 aromatic rings. The van der Waals surface area contributed by atoms with Crippen molar-refractivity contribution in [2.24, 2.45) is 0 Å². The first-order valence-electron chi connectivity index (χ1n) is 8.66. The maximum atomic E-state index is 12.6. The fourth-order valence-electron chi connectivity index (χ4n) is 2.64. The van der Waals surface area contributed by atoms with E-state index in [2.05, 4.69) is 10.6 Å². The number of hydrogen-bond donors (Lipinski definition) is 2. The number of hydrogen-bond acceptors (Lipinski definition) is 3. The van der Waals surface area contributed by atoms with Crippen molar-refractivity contribution in [1.82, 2.24) is 0 Å². The third-order valence-corrected chi connectivity index (χ3v) is 4.15. The fourth-order valence-corrected chi connectivity index (χ4v) is 2.64. The molecule has 0 radical (unpaired) electrons. The molecule has 27 heavy (non-hydrogen) atoms. The Hall–Kier alpha value is -3.60. The van der Waals surface area contributed by atoms with Gasteiger partial charge in [0.25, 0.3) is 5.91 Å². The van der Waals surface area contributed by atoms with E-state index in [-0.39, 0.29) is 18.4 Å². The number of nitrogens with zero attached hydrogens (tertiary/aromatic N) is 1. The molecule has 0 aliphatic carbocycles. The van der Waals surface area contributed by atoms with E-state index in [9.17, 15) is 9.59 Å². The minimum Gasteiger partial charge on any atom is -0.375 e. The Labute approximate surface area is 158 Å². The maximum absolute atomic E-state index is 12.6. The zero-order chi connectivity index (χ0) is 19.1. The Morgan fingerprint density at radius 3 is 2.11 bits per heavy atom. The zero-order valence-electron chi connectivity index (χ0n) is 15.1. The highest BCUT2D eigenvalue weighted by molar-refractivity contribution is 6.08. The summed E-state index contributed by atoms with van der Waals surface area (Å²) < 4.78 is 0. The van der Waals surface area contributed by atoms with Gasteiger partial charge in [-0.1, -0.05) is 48.5 Å². The van der Waals surface area contributed by atoms with Crippen molar-refractivity contribution in [3.05, 3.63) is 90.5 Å². The Morgan fingerprint density at radius 2 is 1.41 bits per heavy atom. The molecule has 2 N–H and O–H groups in total. The summed E-state index contributed by atoms with van der Waals surface area (Å²) in [7, 11) is 1.73. The van der Waals surface area contributed by atoms with Gasteiger partial charge < -0.3 is 15.5 Å². The van der Waals surface area contributed by atoms with Crippen molar-refractivity contribution in [2.75, 3.05) is 29.1 Å². The SMILES string of the molecule is CN(C(=O)CNc1ccccc1C(=O)Nc1ccccc1)c1ccccc1. The fraction of sp³-hybridized carbons (Fsp3) is 0.0909. The number of anilines is 3. The molecule has 0 saturated heterocycles. The molecular formula is C22H21N3O2. The first-order valence-corrected chi connectivity index (χ1v) is 8.66. The van der Waals surface area contributed by atoms with Crippen LogP contribution in [0.5, 0.6) is 0 Å². The van der Waals surface area contributed by atoms with Crippen molar-refractivity contribution < 1.29 is 9.59 Å². The molecule has 0 aliphatic heterocycles. The highest BCUT2D eigenvalue weighted by atomic mass is 16.2. The van der Waals surface area contributed by atoms with Gasteiger partial charge in [-0.05, 0) is 36.4 Å². The highest BCUT2D eigenvalue weighted by Gasteiger charge is 2.14. The molecule has 5 heteroatoms. The van der Waals surface area contributed by atoms with Gasteiger partial charge in [0, 0.05) is 24.1 Å². The van der Waals surface area contributed by atoms with Crippen LogP contribution in [0.4, 0.5) is 17.1 Å². The number of amides is 2. The van der Waals surface area contributed by atoms with Crippen LogP contribution in [0.1, 0.15) is 10.4 Å². The van der Waals surface area contributed by atoms with Gasteiger partial charge in [0.2, 0.25) is 5.91 Å². The summed E-state index contributed by atoms with van der Waals surface area (Å²) in [6.45, 7) is 0.0843. The number of carbonyl (C=O) groups excluding carboxylic acids is 2. The summed E-state index contributed by atoms with van der Waals surface area (Å²) >= 11 is 0. The molecule has 5 nitrogen and oxygen atoms in total. The lowest BCUT2D eigenvalue weighted by atomic mass is 10.1. The van der Waals surface area contributed by atoms with Crippen LogP contribution in [0.15, 0.2) is 84.9 Å². The largest absolute Gasteiger partial charge is 0.375 e. The van der Waals surface area contributed by atoms with Gasteiger partial charge >= 0.3 is 0 Å². The molecule has 0 aromatic heterocycles. The predicted octanol–water partition coefficient (Wildman–Crippen LogP) is 4.01. The summed E-state index contributed by atoms with van der Waals surface area (Å²) in [6, 6.07) is 25.8. The summed E-state index contributed by atoms with van der Waals surface area (Å²) in [5, 5.41) is 5.94. The van der Waals surface area contributed by atoms with E-state index in [0.29, 0.717) is 11.3 Å². The van der Waals surface area contributed by atoms with Gasteiger partial charge in [-0.15, -0.1) is 0 Å². The standard InChI is InChI=1S/C22H21N3O2/c1-25(18-12-6-3-7-13-18)21(26)16-23-20-15-9-8-14-19(20)22(27)24-17-10-4-2-5-11-17/h2-15,23H,16H2,1H3,(H,24,27). The lowest BCUT2D eigenvalue weighted by Gasteiger charge is -2.18. The second-order valence-electron chi connectivity index (χ2n) is 6.01. The molecule has 3 rings (SSSR count). The Bertz CT molecular complexity index is 911. The van der Waals surface area contributed by atoms with Gasteiger partial charge in [0.1, 0.15) is 0 Å². The molecule has 136 valence electrons. The molecular weight excluding hydrogens is 338 g/mol. The molecule has 0 atom stereocenters. The predicted molar refractivity (Wildman–Crippen MR) is 109 cm³/mol. The average Bonchev–Trinajstić information content (AvgIpc) is 2.73. The monoisotopic (exact) mass is 359 g/mol. The number of para-hydroxylation sites is 3. The van der Waals surface area contributed by atoms with Crippen LogP contribution in [-0.4, -0.2) is 25.4 Å². The maximum Gasteiger partial charge on any atom is 0.257 e. The quantitative estimate of drug-likeness (QED) is 0.699. The first-order chi connectivity index (χ1) is 13.1. The Morgan fingerprint density at radius 1 is 0.815 bits per heavy atom. The summed E-state index contributed by atoms with van der Waals surface area (Å²) in [5.41, 5.74) is 2.63. The molecule has 0 fully saturated rings. The minimum atomic E-state index is -0.229. The van der Waals surface area contributed by atoms with Gasteiger partial charge in [-0.25, -0.2) is 0 Å². The van der Waals surface area contributed by atoms with Crippen LogP contribution in [0.3, 0.4) is 0 Å². The molecule has 0 saturated carbocycles. The van der Waals surface area contributed by atoms with E-state index in [1.807, 2.05) is 66.7 Å². The normalized spacial score (nSPS) is 10.1. The summed E-state index contributed by atoms with van der Waals surface area (Å²) in [5.74, 6) is -0.326. The Kier molecular flexibility index (Phi) is 5.84. The van der Waals surface area contributed by atoms with Crippen LogP contribution in [0.2, 0.25) is 0 Å². The van der Waals surface area contributed by atoms with E-state index in [1.165, 1.54) is 0 Å². The van der Waals surface area contributed by atoms with Crippen LogP contribution in [0.25, 0.3) is 0 Å². The van der Waals surface area contributed by atoms with E-state index in [0.717, 1.165) is 11.4 Å². The first kappa shape index (κ1) is 18.2. The van der Waals surface area contributed by atoms with Crippen molar-refractivity contribution in [1.29, 1.82) is 0 Å². The number of likely N-dealkylation sites (N-methyl/N-ethyl adjacent to an activating group) is 1. The van der Waals surface area contributed by atoms with E-state index in [1.54, 1.807) is 30.1 Å². The topological polar surface area (TPSA) is 61.4 Å². The minimum absolute atomic E-state index is 0.0843. The zero-order valence-corrected chi connectivity index (χ0v) is 15.1. The van der Waals surface area contributed by atoms with Crippen LogP contribution < -0.4 is 15.5 Å². The van der Waals surface area contributed by atoms with E-state index in [4.69, 9.17) is 0 Å². The number of rotatable bonds is 6. The van der Waals surface area contributed by atoms with E-state index < -0.39 is 0 Å². The van der Waals surface area contributed by atoms with Crippen LogP contribution >= 0.6 is 0 Å². The summed E-state index contributed by atoms with van der Waals surface area (Å²) in [4.78, 5) is 26.6. The third kappa shape index (κ3) is 4.73. The lowest BCUT2D eigenvalue weighted by molar-refractivity contribution is -0.116. The molecule has 0 unspecified atom stereocenters. The number of benzene rings is 3. The van der Waals surface area contributed by atoms with Gasteiger partial charge in [-0.3, -0.25) is 9.59 Å². The molecule has 0 aliphatic rings. The number of nitrogens with one attached hydrogen (secondary N) is 2. The summed E-state index contributed by atoms with van der Waals surface area (Å²) in [6.07, 6.45) is 0. The van der Waals surface area contributed by atoms with Crippen molar-refractivity contribution >= 4 is 28.9 Å². The average molecular weight is 359 g/mol. The van der Waals surface area contributed by atoms with Gasteiger partial charge in [-0.2, -0.15) is 0 Å². The molecule has 2 amide bonds. The second kappa shape index (κ2) is 8.67. The lowest BCUT2D eigenvalue weighted by Crippen LogP contribution is -2.32.